The van der Waals surface area contributed by atoms with Gasteiger partial charge in [-0.15, -0.1) is 11.3 Å². The number of rotatable bonds is 7. The maximum atomic E-state index is 13.1. The lowest BCUT2D eigenvalue weighted by molar-refractivity contribution is 0.356. The van der Waals surface area contributed by atoms with E-state index >= 15 is 0 Å². The van der Waals surface area contributed by atoms with Crippen LogP contribution in [-0.4, -0.2) is 29.2 Å². The van der Waals surface area contributed by atoms with Crippen LogP contribution in [-0.2, 0) is 5.75 Å². The van der Waals surface area contributed by atoms with E-state index in [2.05, 4.69) is 9.97 Å². The predicted octanol–water partition coefficient (Wildman–Crippen LogP) is 5.65. The average Bonchev–Trinajstić information content (AvgIpc) is 3.42. The molecule has 0 bridgehead atoms. The lowest BCUT2D eigenvalue weighted by atomic mass is 10.2. The van der Waals surface area contributed by atoms with Gasteiger partial charge in [-0.2, -0.15) is 0 Å². The molecular formula is C21H18FN3O2S2. The van der Waals surface area contributed by atoms with E-state index < -0.39 is 0 Å². The number of methoxy groups -OCH3 is 2. The maximum Gasteiger partial charge on any atom is 0.170 e. The van der Waals surface area contributed by atoms with Crippen LogP contribution < -0.4 is 9.47 Å². The van der Waals surface area contributed by atoms with Crippen molar-refractivity contribution in [3.63, 3.8) is 0 Å². The molecule has 5 nitrogen and oxygen atoms in total. The van der Waals surface area contributed by atoms with Gasteiger partial charge in [0.15, 0.2) is 16.7 Å². The summed E-state index contributed by atoms with van der Waals surface area (Å²) in [5, 5.41) is 3.70. The van der Waals surface area contributed by atoms with Gasteiger partial charge < -0.3 is 14.5 Å². The first-order valence-corrected chi connectivity index (χ1v) is 10.6. The van der Waals surface area contributed by atoms with Crippen molar-refractivity contribution in [1.29, 1.82) is 0 Å². The van der Waals surface area contributed by atoms with Crippen LogP contribution in [0.4, 0.5) is 4.39 Å². The molecule has 0 atom stereocenters. The van der Waals surface area contributed by atoms with Crippen LogP contribution in [0.15, 0.2) is 59.2 Å². The second-order valence-electron chi connectivity index (χ2n) is 6.08. The standard InChI is InChI=1S/C21H18FN3O2S2/c1-26-18-5-3-4-16(19(18)27-2)20-24-15(11-28-20)12-29-21-23-10-17(25-21)13-6-8-14(22)9-7-13/h3-11H,12H2,1-2H3,(H,23,25). The largest absolute Gasteiger partial charge is 0.493 e. The van der Waals surface area contributed by atoms with Gasteiger partial charge >= 0.3 is 0 Å². The van der Waals surface area contributed by atoms with Gasteiger partial charge in [0.25, 0.3) is 0 Å². The summed E-state index contributed by atoms with van der Waals surface area (Å²) in [4.78, 5) is 12.4. The predicted molar refractivity (Wildman–Crippen MR) is 114 cm³/mol. The molecule has 29 heavy (non-hydrogen) atoms. The first kappa shape index (κ1) is 19.5. The number of halogens is 1. The molecule has 0 aliphatic heterocycles. The summed E-state index contributed by atoms with van der Waals surface area (Å²) in [5.41, 5.74) is 3.61. The molecule has 0 aliphatic carbocycles. The fraction of sp³-hybridized carbons (Fsp3) is 0.143. The van der Waals surface area contributed by atoms with Crippen LogP contribution >= 0.6 is 23.1 Å². The topological polar surface area (TPSA) is 60.0 Å². The van der Waals surface area contributed by atoms with E-state index in [-0.39, 0.29) is 5.82 Å². The number of hydrogen-bond donors (Lipinski definition) is 1. The number of hydrogen-bond acceptors (Lipinski definition) is 6. The molecule has 0 saturated heterocycles. The number of aromatic amines is 1. The Balaban J connectivity index is 1.46. The van der Waals surface area contributed by atoms with E-state index in [9.17, 15) is 4.39 Å². The lowest BCUT2D eigenvalue weighted by Gasteiger charge is -2.10. The Morgan fingerprint density at radius 2 is 1.93 bits per heavy atom. The van der Waals surface area contributed by atoms with Crippen LogP contribution in [0.3, 0.4) is 0 Å². The van der Waals surface area contributed by atoms with E-state index in [1.807, 2.05) is 23.6 Å². The first-order chi connectivity index (χ1) is 14.2. The molecule has 0 saturated carbocycles. The van der Waals surface area contributed by atoms with Crippen molar-refractivity contribution in [1.82, 2.24) is 15.0 Å². The normalized spacial score (nSPS) is 10.9. The van der Waals surface area contributed by atoms with Crippen molar-refractivity contribution >= 4 is 23.1 Å². The lowest BCUT2D eigenvalue weighted by Crippen LogP contribution is -1.93. The molecule has 2 heterocycles. The number of imidazole rings is 1. The van der Waals surface area contributed by atoms with Gasteiger partial charge in [-0.1, -0.05) is 17.8 Å². The number of nitrogens with one attached hydrogen (secondary N) is 1. The van der Waals surface area contributed by atoms with Crippen molar-refractivity contribution in [3.8, 4) is 33.3 Å². The summed E-state index contributed by atoms with van der Waals surface area (Å²) in [5.74, 6) is 1.78. The van der Waals surface area contributed by atoms with E-state index in [0.717, 1.165) is 32.7 Å². The molecule has 0 unspecified atom stereocenters. The summed E-state index contributed by atoms with van der Waals surface area (Å²) in [6, 6.07) is 12.1. The Morgan fingerprint density at radius 1 is 1.10 bits per heavy atom. The number of para-hydroxylation sites is 1. The van der Waals surface area contributed by atoms with Gasteiger partial charge in [0.05, 0.1) is 37.4 Å². The van der Waals surface area contributed by atoms with Gasteiger partial charge in [0.1, 0.15) is 10.8 Å². The highest BCUT2D eigenvalue weighted by Crippen LogP contribution is 2.39. The van der Waals surface area contributed by atoms with Crippen LogP contribution in [0.25, 0.3) is 21.8 Å². The van der Waals surface area contributed by atoms with E-state index in [1.165, 1.54) is 12.1 Å². The monoisotopic (exact) mass is 427 g/mol. The highest BCUT2D eigenvalue weighted by Gasteiger charge is 2.15. The van der Waals surface area contributed by atoms with Gasteiger partial charge in [0.2, 0.25) is 0 Å². The minimum atomic E-state index is -0.255. The number of aromatic nitrogens is 3. The Labute approximate surface area is 176 Å². The SMILES string of the molecule is COc1cccc(-c2nc(CSc3ncc(-c4ccc(F)cc4)[nH]3)cs2)c1OC. The Kier molecular flexibility index (Phi) is 5.82. The fourth-order valence-electron chi connectivity index (χ4n) is 2.85. The van der Waals surface area contributed by atoms with E-state index in [0.29, 0.717) is 17.3 Å². The quantitative estimate of drug-likeness (QED) is 0.386. The number of thiazole rings is 1. The second-order valence-corrected chi connectivity index (χ2v) is 7.90. The smallest absolute Gasteiger partial charge is 0.170 e. The van der Waals surface area contributed by atoms with Gasteiger partial charge in [-0.3, -0.25) is 0 Å². The summed E-state index contributed by atoms with van der Waals surface area (Å²) in [6.07, 6.45) is 1.75. The van der Waals surface area contributed by atoms with E-state index in [4.69, 9.17) is 14.5 Å². The highest BCUT2D eigenvalue weighted by atomic mass is 32.2. The van der Waals surface area contributed by atoms with E-state index in [1.54, 1.807) is 55.6 Å². The van der Waals surface area contributed by atoms with Gasteiger partial charge in [-0.25, -0.2) is 14.4 Å². The van der Waals surface area contributed by atoms with Crippen molar-refractivity contribution in [3.05, 3.63) is 65.6 Å². The number of benzene rings is 2. The third-order valence-corrected chi connectivity index (χ3v) is 6.10. The molecule has 148 valence electrons. The maximum absolute atomic E-state index is 13.1. The summed E-state index contributed by atoms with van der Waals surface area (Å²) < 4.78 is 24.0. The Morgan fingerprint density at radius 3 is 2.69 bits per heavy atom. The molecule has 1 N–H and O–H groups in total. The first-order valence-electron chi connectivity index (χ1n) is 8.77. The zero-order chi connectivity index (χ0) is 20.2. The zero-order valence-electron chi connectivity index (χ0n) is 15.8. The molecule has 2 aromatic carbocycles. The van der Waals surface area contributed by atoms with Crippen LogP contribution in [0.2, 0.25) is 0 Å². The third-order valence-electron chi connectivity index (χ3n) is 4.25. The van der Waals surface area contributed by atoms with Crippen molar-refractivity contribution in [2.24, 2.45) is 0 Å². The molecule has 0 aliphatic rings. The molecule has 8 heteroatoms. The number of nitrogens with zero attached hydrogens (tertiary/aromatic N) is 2. The summed E-state index contributed by atoms with van der Waals surface area (Å²) in [6.45, 7) is 0. The molecule has 0 fully saturated rings. The fourth-order valence-corrected chi connectivity index (χ4v) is 4.54. The molecule has 0 amide bonds. The Hall–Kier alpha value is -2.84. The second kappa shape index (κ2) is 8.67. The van der Waals surface area contributed by atoms with Crippen molar-refractivity contribution < 1.29 is 13.9 Å². The number of H-pyrrole nitrogens is 1. The molecule has 0 radical (unpaired) electrons. The molecule has 2 aromatic heterocycles. The summed E-state index contributed by atoms with van der Waals surface area (Å²) in [7, 11) is 3.25. The van der Waals surface area contributed by atoms with Crippen molar-refractivity contribution in [2.75, 3.05) is 14.2 Å². The van der Waals surface area contributed by atoms with Gasteiger partial charge in [-0.05, 0) is 42.0 Å². The zero-order valence-corrected chi connectivity index (χ0v) is 17.4. The Bertz CT molecular complexity index is 1110. The number of ether oxygens (including phenoxy) is 2. The number of thioether (sulfide) groups is 1. The van der Waals surface area contributed by atoms with Crippen LogP contribution in [0, 0.1) is 5.82 Å². The van der Waals surface area contributed by atoms with Crippen LogP contribution in [0.1, 0.15) is 5.69 Å². The minimum Gasteiger partial charge on any atom is -0.493 e. The van der Waals surface area contributed by atoms with Crippen LogP contribution in [0.5, 0.6) is 11.5 Å². The molecular weight excluding hydrogens is 409 g/mol. The molecule has 4 aromatic rings. The van der Waals surface area contributed by atoms with Gasteiger partial charge in [0, 0.05) is 11.1 Å². The minimum absolute atomic E-state index is 0.255. The molecule has 4 rings (SSSR count). The third kappa shape index (κ3) is 4.28. The summed E-state index contributed by atoms with van der Waals surface area (Å²) >= 11 is 3.13. The molecule has 0 spiro atoms. The van der Waals surface area contributed by atoms with Crippen molar-refractivity contribution in [2.45, 2.75) is 10.9 Å². The average molecular weight is 428 g/mol. The highest BCUT2D eigenvalue weighted by molar-refractivity contribution is 7.98.